The molecule has 0 spiro atoms. The Morgan fingerprint density at radius 3 is 2.88 bits per heavy atom. The first-order valence-electron chi connectivity index (χ1n) is 8.69. The van der Waals surface area contributed by atoms with Crippen LogP contribution in [0.3, 0.4) is 0 Å². The molecule has 1 aromatic heterocycles. The highest BCUT2D eigenvalue weighted by molar-refractivity contribution is 5.91. The van der Waals surface area contributed by atoms with Crippen LogP contribution in [0, 0.1) is 0 Å². The number of hydrogen-bond acceptors (Lipinski definition) is 7. The molecular formula is C18H21N3O5. The molecule has 0 bridgehead atoms. The van der Waals surface area contributed by atoms with Crippen molar-refractivity contribution in [2.45, 2.75) is 6.54 Å². The number of fused-ring (bicyclic) bond motifs is 1. The van der Waals surface area contributed by atoms with Crippen LogP contribution in [0.25, 0.3) is 0 Å². The van der Waals surface area contributed by atoms with Crippen LogP contribution < -0.4 is 9.47 Å². The van der Waals surface area contributed by atoms with E-state index in [1.165, 1.54) is 6.20 Å². The number of ether oxygens (including phenoxy) is 3. The Morgan fingerprint density at radius 2 is 2.08 bits per heavy atom. The normalized spacial score (nSPS) is 16.6. The number of carbonyl (C=O) groups excluding carboxylic acids is 1. The molecule has 26 heavy (non-hydrogen) atoms. The number of hydrogen-bond donors (Lipinski definition) is 0. The summed E-state index contributed by atoms with van der Waals surface area (Å²) in [4.78, 5) is 16.9. The molecule has 2 aromatic rings. The van der Waals surface area contributed by atoms with Crippen LogP contribution in [0.4, 0.5) is 0 Å². The Labute approximate surface area is 151 Å². The molecule has 0 aliphatic carbocycles. The quantitative estimate of drug-likeness (QED) is 0.771. The van der Waals surface area contributed by atoms with Gasteiger partial charge in [-0.2, -0.15) is 0 Å². The number of benzene rings is 1. The van der Waals surface area contributed by atoms with Gasteiger partial charge in [-0.25, -0.2) is 0 Å². The van der Waals surface area contributed by atoms with Crippen molar-refractivity contribution in [2.24, 2.45) is 0 Å². The average molecular weight is 359 g/mol. The SMILES string of the molecule is O=C(c1ccno1)N(CCN1CCOCC1)Cc1cccc2c1OCO2. The van der Waals surface area contributed by atoms with E-state index in [1.54, 1.807) is 11.0 Å². The molecule has 8 heteroatoms. The van der Waals surface area contributed by atoms with E-state index in [9.17, 15) is 4.79 Å². The van der Waals surface area contributed by atoms with Gasteiger partial charge in [0.15, 0.2) is 11.5 Å². The van der Waals surface area contributed by atoms with Gasteiger partial charge in [-0.05, 0) is 6.07 Å². The van der Waals surface area contributed by atoms with Crippen LogP contribution in [-0.4, -0.2) is 67.0 Å². The molecular weight excluding hydrogens is 338 g/mol. The van der Waals surface area contributed by atoms with Crippen molar-refractivity contribution in [3.8, 4) is 11.5 Å². The van der Waals surface area contributed by atoms with Gasteiger partial charge in [-0.3, -0.25) is 9.69 Å². The lowest BCUT2D eigenvalue weighted by Crippen LogP contribution is -2.42. The lowest BCUT2D eigenvalue weighted by molar-refractivity contribution is 0.0314. The number of nitrogens with zero attached hydrogens (tertiary/aromatic N) is 3. The van der Waals surface area contributed by atoms with Gasteiger partial charge in [0.1, 0.15) is 0 Å². The maximum absolute atomic E-state index is 12.9. The van der Waals surface area contributed by atoms with E-state index in [4.69, 9.17) is 18.7 Å². The lowest BCUT2D eigenvalue weighted by Gasteiger charge is -2.30. The van der Waals surface area contributed by atoms with Crippen LogP contribution in [0.1, 0.15) is 16.1 Å². The molecule has 3 heterocycles. The molecule has 1 fully saturated rings. The number of rotatable bonds is 6. The Balaban J connectivity index is 1.50. The van der Waals surface area contributed by atoms with Gasteiger partial charge in [0.25, 0.3) is 5.91 Å². The highest BCUT2D eigenvalue weighted by Gasteiger charge is 2.24. The first-order chi connectivity index (χ1) is 12.8. The van der Waals surface area contributed by atoms with Crippen molar-refractivity contribution in [3.63, 3.8) is 0 Å². The molecule has 138 valence electrons. The largest absolute Gasteiger partial charge is 0.454 e. The standard InChI is InChI=1S/C18H21N3O5/c22-18(16-4-5-19-26-16)21(7-6-20-8-10-23-11-9-20)12-14-2-1-3-15-17(14)25-13-24-15/h1-5H,6-13H2. The highest BCUT2D eigenvalue weighted by atomic mass is 16.7. The zero-order valence-corrected chi connectivity index (χ0v) is 14.4. The molecule has 0 radical (unpaired) electrons. The number of para-hydroxylation sites is 1. The third kappa shape index (κ3) is 3.66. The van der Waals surface area contributed by atoms with Crippen LogP contribution >= 0.6 is 0 Å². The summed E-state index contributed by atoms with van der Waals surface area (Å²) in [5.41, 5.74) is 0.912. The number of amides is 1. The fraction of sp³-hybridized carbons (Fsp3) is 0.444. The summed E-state index contributed by atoms with van der Waals surface area (Å²) in [5, 5.41) is 3.65. The van der Waals surface area contributed by atoms with Gasteiger partial charge >= 0.3 is 0 Å². The fourth-order valence-electron chi connectivity index (χ4n) is 3.14. The van der Waals surface area contributed by atoms with Crippen molar-refractivity contribution in [3.05, 3.63) is 41.8 Å². The van der Waals surface area contributed by atoms with Gasteiger partial charge < -0.3 is 23.6 Å². The maximum Gasteiger partial charge on any atom is 0.292 e. The van der Waals surface area contributed by atoms with Gasteiger partial charge in [0.05, 0.1) is 19.4 Å². The topological polar surface area (TPSA) is 77.3 Å². The van der Waals surface area contributed by atoms with Gasteiger partial charge in [0.2, 0.25) is 12.6 Å². The predicted octanol–water partition coefficient (Wildman–Crippen LogP) is 1.38. The molecule has 1 aromatic carbocycles. The summed E-state index contributed by atoms with van der Waals surface area (Å²) in [6, 6.07) is 7.30. The molecule has 2 aliphatic heterocycles. The minimum absolute atomic E-state index is 0.188. The lowest BCUT2D eigenvalue weighted by atomic mass is 10.1. The number of carbonyl (C=O) groups is 1. The van der Waals surface area contributed by atoms with Crippen molar-refractivity contribution < 1.29 is 23.5 Å². The second kappa shape index (κ2) is 7.76. The van der Waals surface area contributed by atoms with Crippen molar-refractivity contribution in [2.75, 3.05) is 46.2 Å². The molecule has 2 aliphatic rings. The van der Waals surface area contributed by atoms with Crippen LogP contribution in [0.15, 0.2) is 35.0 Å². The first-order valence-corrected chi connectivity index (χ1v) is 8.69. The van der Waals surface area contributed by atoms with Crippen molar-refractivity contribution in [1.82, 2.24) is 15.0 Å². The van der Waals surface area contributed by atoms with Crippen molar-refractivity contribution >= 4 is 5.91 Å². The zero-order chi connectivity index (χ0) is 17.8. The summed E-state index contributed by atoms with van der Waals surface area (Å²) >= 11 is 0. The monoisotopic (exact) mass is 359 g/mol. The van der Waals surface area contributed by atoms with E-state index in [0.29, 0.717) is 24.6 Å². The predicted molar refractivity (Wildman–Crippen MR) is 91.1 cm³/mol. The third-order valence-corrected chi connectivity index (χ3v) is 4.57. The molecule has 0 atom stereocenters. The molecule has 0 unspecified atom stereocenters. The summed E-state index contributed by atoms with van der Waals surface area (Å²) in [6.45, 7) is 5.18. The molecule has 0 N–H and O–H groups in total. The van der Waals surface area contributed by atoms with Gasteiger partial charge in [-0.15, -0.1) is 0 Å². The Morgan fingerprint density at radius 1 is 1.19 bits per heavy atom. The first kappa shape index (κ1) is 16.9. The van der Waals surface area contributed by atoms with E-state index >= 15 is 0 Å². The smallest absolute Gasteiger partial charge is 0.292 e. The zero-order valence-electron chi connectivity index (χ0n) is 14.4. The second-order valence-electron chi connectivity index (χ2n) is 6.21. The van der Waals surface area contributed by atoms with E-state index in [2.05, 4.69) is 10.1 Å². The minimum atomic E-state index is -0.188. The summed E-state index contributed by atoms with van der Waals surface area (Å²) in [6.07, 6.45) is 1.48. The number of morpholine rings is 1. The molecule has 0 saturated carbocycles. The van der Waals surface area contributed by atoms with E-state index in [1.807, 2.05) is 18.2 Å². The Bertz CT molecular complexity index is 743. The average Bonchev–Trinajstić information content (AvgIpc) is 3.37. The van der Waals surface area contributed by atoms with Crippen LogP contribution in [0.2, 0.25) is 0 Å². The summed E-state index contributed by atoms with van der Waals surface area (Å²) < 4.78 is 21.5. The van der Waals surface area contributed by atoms with E-state index in [-0.39, 0.29) is 18.5 Å². The molecule has 8 nitrogen and oxygen atoms in total. The summed E-state index contributed by atoms with van der Waals surface area (Å²) in [5.74, 6) is 1.46. The minimum Gasteiger partial charge on any atom is -0.454 e. The summed E-state index contributed by atoms with van der Waals surface area (Å²) in [7, 11) is 0. The Hall–Kier alpha value is -2.58. The van der Waals surface area contributed by atoms with Crippen molar-refractivity contribution in [1.29, 1.82) is 0 Å². The number of aromatic nitrogens is 1. The highest BCUT2D eigenvalue weighted by Crippen LogP contribution is 2.36. The van der Waals surface area contributed by atoms with Crippen LogP contribution in [0.5, 0.6) is 11.5 Å². The molecule has 4 rings (SSSR count). The van der Waals surface area contributed by atoms with E-state index < -0.39 is 0 Å². The van der Waals surface area contributed by atoms with Crippen LogP contribution in [-0.2, 0) is 11.3 Å². The molecule has 1 amide bonds. The maximum atomic E-state index is 12.9. The fourth-order valence-corrected chi connectivity index (χ4v) is 3.14. The Kier molecular flexibility index (Phi) is 5.03. The third-order valence-electron chi connectivity index (χ3n) is 4.57. The van der Waals surface area contributed by atoms with Gasteiger partial charge in [0, 0.05) is 44.4 Å². The second-order valence-corrected chi connectivity index (χ2v) is 6.21. The van der Waals surface area contributed by atoms with Gasteiger partial charge in [-0.1, -0.05) is 17.3 Å². The molecule has 1 saturated heterocycles. The van der Waals surface area contributed by atoms with E-state index in [0.717, 1.165) is 38.4 Å².